The first-order chi connectivity index (χ1) is 18.6. The lowest BCUT2D eigenvalue weighted by Crippen LogP contribution is -2.50. The Bertz CT molecular complexity index is 1550. The fourth-order valence-electron chi connectivity index (χ4n) is 4.02. The molecule has 0 fully saturated rings. The Hall–Kier alpha value is -3.35. The summed E-state index contributed by atoms with van der Waals surface area (Å²) < 4.78 is 88.7. The number of aliphatic hydroxyl groups is 1. The van der Waals surface area contributed by atoms with Crippen molar-refractivity contribution in [1.82, 2.24) is 5.32 Å². The zero-order chi connectivity index (χ0) is 29.5. The molecule has 0 unspecified atom stereocenters. The van der Waals surface area contributed by atoms with E-state index in [2.05, 4.69) is 5.32 Å². The Labute approximate surface area is 233 Å². The summed E-state index contributed by atoms with van der Waals surface area (Å²) >= 11 is 6.13. The molecule has 0 spiro atoms. The van der Waals surface area contributed by atoms with Gasteiger partial charge in [0.05, 0.1) is 46.3 Å². The second-order valence-corrected chi connectivity index (χ2v) is 12.1. The molecular weight excluding hydrogens is 576 g/mol. The zero-order valence-corrected chi connectivity index (χ0v) is 22.9. The van der Waals surface area contributed by atoms with Crippen molar-refractivity contribution in [1.29, 1.82) is 0 Å². The van der Waals surface area contributed by atoms with Gasteiger partial charge < -0.3 is 15.2 Å². The number of rotatable bonds is 7. The molecule has 214 valence electrons. The maximum Gasteiger partial charge on any atom is 0.416 e. The van der Waals surface area contributed by atoms with Crippen LogP contribution in [-0.2, 0) is 21.0 Å². The lowest BCUT2D eigenvalue weighted by molar-refractivity contribution is -0.137. The molecule has 40 heavy (non-hydrogen) atoms. The number of halogens is 5. The second-order valence-electron chi connectivity index (χ2n) is 9.84. The lowest BCUT2D eigenvalue weighted by Gasteiger charge is -2.36. The van der Waals surface area contributed by atoms with Crippen LogP contribution in [0, 0.1) is 11.2 Å². The first-order valence-electron chi connectivity index (χ1n) is 12.0. The molecule has 1 amide bonds. The number of hydrogen-bond donors (Lipinski definition) is 2. The molecule has 13 heteroatoms. The highest BCUT2D eigenvalue weighted by Gasteiger charge is 2.38. The van der Waals surface area contributed by atoms with E-state index in [4.69, 9.17) is 16.3 Å². The van der Waals surface area contributed by atoms with E-state index in [1.165, 1.54) is 44.2 Å². The van der Waals surface area contributed by atoms with Crippen molar-refractivity contribution >= 4 is 33.2 Å². The third-order valence-corrected chi connectivity index (χ3v) is 8.56. The fraction of sp³-hybridized carbons (Fsp3) is 0.296. The number of nitrogens with one attached hydrogen (secondary N) is 1. The minimum Gasteiger partial charge on any atom is -0.484 e. The van der Waals surface area contributed by atoms with Gasteiger partial charge in [-0.3, -0.25) is 9.10 Å². The maximum atomic E-state index is 14.1. The molecule has 0 aliphatic carbocycles. The third kappa shape index (κ3) is 5.89. The predicted octanol–water partition coefficient (Wildman–Crippen LogP) is 5.26. The molecule has 0 radical (unpaired) electrons. The van der Waals surface area contributed by atoms with Crippen molar-refractivity contribution in [3.05, 3.63) is 77.1 Å². The summed E-state index contributed by atoms with van der Waals surface area (Å²) in [5, 5.41) is 11.9. The van der Waals surface area contributed by atoms with E-state index in [1.807, 2.05) is 0 Å². The molecule has 3 aromatic carbocycles. The van der Waals surface area contributed by atoms with Crippen LogP contribution in [0.4, 0.5) is 23.2 Å². The standard InChI is InChI=1S/C27H25ClF4N2O5S/c1-26(2,15-35)25(36)33-13-18-14-34(40(37,38)19-6-3-5-17(12-19)27(30,31)32)22-11-16(9-10-23(22)39-18)20-7-4-8-21(29)24(20)28/h3-12,18,35H,13-15H2,1-2H3,(H,33,36)/t18-/m0/s1. The van der Waals surface area contributed by atoms with Gasteiger partial charge in [0, 0.05) is 5.56 Å². The summed E-state index contributed by atoms with van der Waals surface area (Å²) in [7, 11) is -4.59. The van der Waals surface area contributed by atoms with E-state index in [-0.39, 0.29) is 35.1 Å². The van der Waals surface area contributed by atoms with Crippen molar-refractivity contribution in [2.45, 2.75) is 31.0 Å². The van der Waals surface area contributed by atoms with Crippen LogP contribution >= 0.6 is 11.6 Å². The predicted molar refractivity (Wildman–Crippen MR) is 141 cm³/mol. The van der Waals surface area contributed by atoms with E-state index < -0.39 is 56.5 Å². The molecule has 2 N–H and O–H groups in total. The van der Waals surface area contributed by atoms with E-state index in [0.29, 0.717) is 11.6 Å². The van der Waals surface area contributed by atoms with Crippen LogP contribution < -0.4 is 14.4 Å². The summed E-state index contributed by atoms with van der Waals surface area (Å²) in [6.07, 6.45) is -5.71. The zero-order valence-electron chi connectivity index (χ0n) is 21.3. The van der Waals surface area contributed by atoms with Crippen molar-refractivity contribution in [3.63, 3.8) is 0 Å². The molecule has 1 aliphatic heterocycles. The van der Waals surface area contributed by atoms with Crippen molar-refractivity contribution in [3.8, 4) is 16.9 Å². The molecule has 1 atom stereocenters. The number of nitrogens with zero attached hydrogens (tertiary/aromatic N) is 1. The van der Waals surface area contributed by atoms with Gasteiger partial charge in [-0.15, -0.1) is 0 Å². The fourth-order valence-corrected chi connectivity index (χ4v) is 5.80. The average molecular weight is 601 g/mol. The summed E-state index contributed by atoms with van der Waals surface area (Å²) in [5.74, 6) is -1.13. The molecule has 0 bridgehead atoms. The minimum atomic E-state index is -4.78. The van der Waals surface area contributed by atoms with Gasteiger partial charge in [0.15, 0.2) is 0 Å². The van der Waals surface area contributed by atoms with Crippen LogP contribution in [0.15, 0.2) is 65.6 Å². The quantitative estimate of drug-likeness (QED) is 0.361. The molecule has 7 nitrogen and oxygen atoms in total. The number of benzene rings is 3. The molecule has 3 aromatic rings. The van der Waals surface area contributed by atoms with Gasteiger partial charge in [-0.2, -0.15) is 13.2 Å². The molecule has 1 aliphatic rings. The topological polar surface area (TPSA) is 95.9 Å². The highest BCUT2D eigenvalue weighted by Crippen LogP contribution is 2.42. The Balaban J connectivity index is 1.78. The number of carbonyl (C=O) groups excluding carboxylic acids is 1. The number of amides is 1. The number of ether oxygens (including phenoxy) is 1. The minimum absolute atomic E-state index is 0.00601. The van der Waals surface area contributed by atoms with Gasteiger partial charge in [0.25, 0.3) is 10.0 Å². The summed E-state index contributed by atoms with van der Waals surface area (Å²) in [6.45, 7) is 2.07. The van der Waals surface area contributed by atoms with Crippen molar-refractivity contribution < 1.29 is 40.6 Å². The number of anilines is 1. The number of carbonyl (C=O) groups is 1. The molecular formula is C27H25ClF4N2O5S. The number of sulfonamides is 1. The number of alkyl halides is 3. The van der Waals surface area contributed by atoms with Crippen LogP contribution in [-0.4, -0.2) is 45.2 Å². The van der Waals surface area contributed by atoms with E-state index in [1.54, 1.807) is 0 Å². The van der Waals surface area contributed by atoms with E-state index in [0.717, 1.165) is 28.6 Å². The molecule has 0 aromatic heterocycles. The van der Waals surface area contributed by atoms with Crippen molar-refractivity contribution in [2.24, 2.45) is 5.41 Å². The normalized spacial score (nSPS) is 15.8. The first-order valence-corrected chi connectivity index (χ1v) is 13.8. The monoisotopic (exact) mass is 600 g/mol. The van der Waals surface area contributed by atoms with E-state index >= 15 is 0 Å². The van der Waals surface area contributed by atoms with Crippen LogP contribution in [0.1, 0.15) is 19.4 Å². The molecule has 1 heterocycles. The maximum absolute atomic E-state index is 14.1. The highest BCUT2D eigenvalue weighted by molar-refractivity contribution is 7.92. The third-order valence-electron chi connectivity index (χ3n) is 6.40. The largest absolute Gasteiger partial charge is 0.484 e. The Kier molecular flexibility index (Phi) is 8.08. The van der Waals surface area contributed by atoms with Gasteiger partial charge in [0.1, 0.15) is 17.7 Å². The van der Waals surface area contributed by atoms with Gasteiger partial charge in [-0.1, -0.05) is 35.9 Å². The summed E-state index contributed by atoms with van der Waals surface area (Å²) in [5.41, 5.74) is -1.66. The van der Waals surface area contributed by atoms with Crippen LogP contribution in [0.25, 0.3) is 11.1 Å². The van der Waals surface area contributed by atoms with Crippen LogP contribution in [0.3, 0.4) is 0 Å². The molecule has 0 saturated carbocycles. The van der Waals surface area contributed by atoms with Crippen molar-refractivity contribution in [2.75, 3.05) is 24.0 Å². The van der Waals surface area contributed by atoms with Gasteiger partial charge in [-0.25, -0.2) is 12.8 Å². The Morgan fingerprint density at radius 1 is 1.12 bits per heavy atom. The number of aliphatic hydroxyl groups excluding tert-OH is 1. The lowest BCUT2D eigenvalue weighted by atomic mass is 9.94. The van der Waals surface area contributed by atoms with Crippen LogP contribution in [0.2, 0.25) is 5.02 Å². The molecule has 4 rings (SSSR count). The number of hydrogen-bond acceptors (Lipinski definition) is 5. The molecule has 0 saturated heterocycles. The summed E-state index contributed by atoms with van der Waals surface area (Å²) in [4.78, 5) is 11.9. The Morgan fingerprint density at radius 3 is 2.50 bits per heavy atom. The van der Waals surface area contributed by atoms with Gasteiger partial charge >= 0.3 is 6.18 Å². The average Bonchev–Trinajstić information content (AvgIpc) is 2.92. The van der Waals surface area contributed by atoms with E-state index in [9.17, 15) is 35.9 Å². The summed E-state index contributed by atoms with van der Waals surface area (Å²) in [6, 6.07) is 11.8. The Morgan fingerprint density at radius 2 is 1.82 bits per heavy atom. The van der Waals surface area contributed by atoms with Crippen LogP contribution in [0.5, 0.6) is 5.75 Å². The van der Waals surface area contributed by atoms with Gasteiger partial charge in [-0.05, 0) is 55.8 Å². The SMILES string of the molecule is CC(C)(CO)C(=O)NC[C@H]1CN(S(=O)(=O)c2cccc(C(F)(F)F)c2)c2cc(-c3cccc(F)c3Cl)ccc2O1. The first kappa shape index (κ1) is 29.6. The number of fused-ring (bicyclic) bond motifs is 1. The highest BCUT2D eigenvalue weighted by atomic mass is 35.5. The smallest absolute Gasteiger partial charge is 0.416 e. The second kappa shape index (κ2) is 10.9. The van der Waals surface area contributed by atoms with Gasteiger partial charge in [0.2, 0.25) is 5.91 Å².